The van der Waals surface area contributed by atoms with Gasteiger partial charge >= 0.3 is 0 Å². The summed E-state index contributed by atoms with van der Waals surface area (Å²) in [5, 5.41) is 39.9. The van der Waals surface area contributed by atoms with E-state index in [-0.39, 0.29) is 60.3 Å². The third-order valence-electron chi connectivity index (χ3n) is 25.1. The summed E-state index contributed by atoms with van der Waals surface area (Å²) in [6.07, 6.45) is 14.8. The van der Waals surface area contributed by atoms with E-state index < -0.39 is 42.6 Å². The van der Waals surface area contributed by atoms with E-state index in [1.807, 2.05) is 51.1 Å². The number of hydrogen-bond acceptors (Lipinski definition) is 19. The van der Waals surface area contributed by atoms with Crippen LogP contribution in [0.3, 0.4) is 0 Å². The Balaban J connectivity index is 0.000000201. The van der Waals surface area contributed by atoms with Crippen molar-refractivity contribution < 1.29 is 72.4 Å². The number of methoxy groups -OCH3 is 4. The number of amides is 4. The molecule has 0 bridgehead atoms. The van der Waals surface area contributed by atoms with Crippen LogP contribution in [-0.2, 0) is 19.2 Å². The molecule has 23 nitrogen and oxygen atoms in total. The Morgan fingerprint density at radius 1 is 0.459 bits per heavy atom. The third kappa shape index (κ3) is 30.6. The second-order valence-electron chi connectivity index (χ2n) is 34.2. The molecule has 734 valence electrons. The summed E-state index contributed by atoms with van der Waals surface area (Å²) >= 11 is 49.0. The fourth-order valence-corrected chi connectivity index (χ4v) is 18.7. The molecule has 0 saturated carbocycles. The number of ether oxygens (including phenoxy) is 8. The van der Waals surface area contributed by atoms with Crippen LogP contribution in [0.4, 0.5) is 22.7 Å². The van der Waals surface area contributed by atoms with Crippen LogP contribution in [0.5, 0.6) is 46.0 Å². The van der Waals surface area contributed by atoms with E-state index >= 15 is 0 Å². The summed E-state index contributed by atoms with van der Waals surface area (Å²) in [5.41, 5.74) is 7.02. The molecule has 33 heteroatoms. The van der Waals surface area contributed by atoms with Gasteiger partial charge in [0, 0.05) is 85.5 Å². The van der Waals surface area contributed by atoms with Crippen LogP contribution in [0, 0.1) is 17.8 Å². The van der Waals surface area contributed by atoms with Crippen LogP contribution >= 0.6 is 118 Å². The average molecular weight is 2060 g/mol. The fraction of sp³-hybridized carbons (Fsp3) is 0.451. The maximum absolute atomic E-state index is 13.4. The normalized spacial score (nSPS) is 18.2. The first-order chi connectivity index (χ1) is 64.1. The third-order valence-corrected chi connectivity index (χ3v) is 28.1. The van der Waals surface area contributed by atoms with E-state index in [0.29, 0.717) is 147 Å². The number of aliphatic hydroxyl groups excluding tert-OH is 3. The van der Waals surface area contributed by atoms with Gasteiger partial charge in [-0.15, -0.1) is 31.4 Å². The molecule has 135 heavy (non-hydrogen) atoms. The van der Waals surface area contributed by atoms with Gasteiger partial charge in [-0.3, -0.25) is 43.7 Å². The minimum atomic E-state index is -1.09. The smallest absolute Gasteiger partial charge is 0.259 e. The van der Waals surface area contributed by atoms with Crippen LogP contribution in [0.1, 0.15) is 145 Å². The lowest BCUT2D eigenvalue weighted by Gasteiger charge is -2.27. The number of likely N-dealkylation sites (tertiary alicyclic amines) is 4. The number of hydrogen-bond donors (Lipinski definition) is 5. The number of anilines is 4. The van der Waals surface area contributed by atoms with E-state index in [1.165, 1.54) is 81.9 Å². The molecule has 0 spiro atoms. The molecule has 5 fully saturated rings. The van der Waals surface area contributed by atoms with Gasteiger partial charge in [0.1, 0.15) is 32.7 Å². The highest BCUT2D eigenvalue weighted by atomic mass is 35.5. The number of benzene rings is 8. The van der Waals surface area contributed by atoms with Gasteiger partial charge in [0.15, 0.2) is 46.0 Å². The Morgan fingerprint density at radius 3 is 1.21 bits per heavy atom. The Labute approximate surface area is 846 Å². The highest BCUT2D eigenvalue weighted by Gasteiger charge is 2.47. The van der Waals surface area contributed by atoms with Crippen molar-refractivity contribution in [3.63, 3.8) is 0 Å². The molecular weight excluding hydrogens is 1930 g/mol. The fourth-order valence-electron chi connectivity index (χ4n) is 17.5. The van der Waals surface area contributed by atoms with Crippen molar-refractivity contribution >= 4 is 170 Å². The zero-order valence-electron chi connectivity index (χ0n) is 77.7. The zero-order valence-corrected chi connectivity index (χ0v) is 85.4. The molecule has 5 N–H and O–H groups in total. The van der Waals surface area contributed by atoms with Crippen LogP contribution in [0.25, 0.3) is 5.57 Å². The molecule has 8 unspecified atom stereocenters. The predicted octanol–water partition coefficient (Wildman–Crippen LogP) is 22.5. The first-order valence-corrected chi connectivity index (χ1v) is 48.7. The van der Waals surface area contributed by atoms with Crippen molar-refractivity contribution in [1.29, 1.82) is 0 Å². The van der Waals surface area contributed by atoms with Crippen LogP contribution in [0.2, 0.25) is 40.2 Å². The van der Waals surface area contributed by atoms with Gasteiger partial charge in [-0.2, -0.15) is 0 Å². The lowest BCUT2D eigenvalue weighted by Crippen LogP contribution is -2.34. The SMILES string of the molecule is C=CC(C)C(C(=O)Nc1ccc(OC)c(OCCN2CCCCC2)c1)c1ccc(Cl)c(Cl)c1.COc1ccc(N2C(=O)C(c3ccc(Cl)c(Cl)c3)C(C)C2O)cc1OCCN1CCCCC1.COc1ccc(N2CC(C)=C(c3ccc(Cl)c(Cl)c3)C2=O)cc1OCCN1CCCCC1.COc1ccc(NC(=O)C(c2ccc(Cl)c(Cl)c2)C(C)C(O)CO)cc1OCCN1CCCCC1.Cl.Cl. The number of aliphatic hydroxyl groups is 3. The minimum absolute atomic E-state index is 0. The van der Waals surface area contributed by atoms with E-state index in [2.05, 4.69) is 36.8 Å². The number of nitrogens with zero attached hydrogens (tertiary/aromatic N) is 6. The van der Waals surface area contributed by atoms with Crippen molar-refractivity contribution in [2.45, 2.75) is 135 Å². The monoisotopic (exact) mass is 2050 g/mol. The molecule has 6 aliphatic rings. The summed E-state index contributed by atoms with van der Waals surface area (Å²) < 4.78 is 46.0. The Bertz CT molecular complexity index is 5250. The first kappa shape index (κ1) is 111. The molecule has 0 aliphatic carbocycles. The number of carbonyl (C=O) groups excluding carboxylic acids is 4. The molecule has 6 aliphatic heterocycles. The van der Waals surface area contributed by atoms with Crippen molar-refractivity contribution in [3.05, 3.63) is 226 Å². The summed E-state index contributed by atoms with van der Waals surface area (Å²) in [6, 6.07) is 42.2. The summed E-state index contributed by atoms with van der Waals surface area (Å²) in [6.45, 7) is 25.9. The van der Waals surface area contributed by atoms with Gasteiger partial charge in [-0.1, -0.05) is 170 Å². The van der Waals surface area contributed by atoms with Crippen molar-refractivity contribution in [1.82, 2.24) is 19.6 Å². The van der Waals surface area contributed by atoms with E-state index in [1.54, 1.807) is 162 Å². The van der Waals surface area contributed by atoms with Gasteiger partial charge in [0.05, 0.1) is 105 Å². The number of allylic oxidation sites excluding steroid dienone is 1. The van der Waals surface area contributed by atoms with Gasteiger partial charge in [0.2, 0.25) is 17.7 Å². The topological polar surface area (TPSA) is 246 Å². The summed E-state index contributed by atoms with van der Waals surface area (Å²) in [4.78, 5) is 66.2. The lowest BCUT2D eigenvalue weighted by molar-refractivity contribution is -0.120. The van der Waals surface area contributed by atoms with Gasteiger partial charge in [0.25, 0.3) is 5.91 Å². The van der Waals surface area contributed by atoms with Crippen molar-refractivity contribution in [2.24, 2.45) is 17.8 Å². The first-order valence-electron chi connectivity index (χ1n) is 45.6. The zero-order chi connectivity index (χ0) is 95.4. The van der Waals surface area contributed by atoms with E-state index in [4.69, 9.17) is 131 Å². The lowest BCUT2D eigenvalue weighted by atomic mass is 9.83. The summed E-state index contributed by atoms with van der Waals surface area (Å²) in [5.74, 6) is 1.22. The van der Waals surface area contributed by atoms with Crippen LogP contribution in [0.15, 0.2) is 164 Å². The molecule has 0 radical (unpaired) electrons. The molecule has 0 aromatic heterocycles. The van der Waals surface area contributed by atoms with Crippen LogP contribution < -0.4 is 58.3 Å². The summed E-state index contributed by atoms with van der Waals surface area (Å²) in [7, 11) is 6.40. The Kier molecular flexibility index (Phi) is 45.3. The largest absolute Gasteiger partial charge is 0.493 e. The molecule has 14 rings (SSSR count). The van der Waals surface area contributed by atoms with Gasteiger partial charge in [-0.05, 0) is 247 Å². The van der Waals surface area contributed by atoms with Gasteiger partial charge < -0.3 is 68.7 Å². The maximum Gasteiger partial charge on any atom is 0.259 e. The molecule has 8 atom stereocenters. The number of carbonyl (C=O) groups is 4. The Hall–Kier alpha value is -7.86. The molecule has 5 saturated heterocycles. The number of halogens is 10. The molecule has 4 amide bonds. The van der Waals surface area contributed by atoms with E-state index in [9.17, 15) is 34.5 Å². The average Bonchev–Trinajstić information content (AvgIpc) is 1.61. The van der Waals surface area contributed by atoms with Gasteiger partial charge in [-0.25, -0.2) is 0 Å². The predicted molar refractivity (Wildman–Crippen MR) is 550 cm³/mol. The maximum atomic E-state index is 13.4. The molecule has 8 aromatic carbocycles. The number of nitrogens with one attached hydrogen (secondary N) is 2. The van der Waals surface area contributed by atoms with E-state index in [0.717, 1.165) is 106 Å². The van der Waals surface area contributed by atoms with Crippen molar-refractivity contribution in [2.75, 3.05) is 167 Å². The molecular formula is C102H126Cl10N8O15. The number of rotatable bonds is 35. The molecule has 8 aromatic rings. The quantitative estimate of drug-likeness (QED) is 0.0232. The highest BCUT2D eigenvalue weighted by molar-refractivity contribution is 6.44. The second kappa shape index (κ2) is 55.2. The number of piperidine rings is 4. The Morgan fingerprint density at radius 2 is 0.822 bits per heavy atom. The van der Waals surface area contributed by atoms with Crippen LogP contribution in [-0.4, -0.2) is 217 Å². The van der Waals surface area contributed by atoms with Crippen molar-refractivity contribution in [3.8, 4) is 46.0 Å². The second-order valence-corrected chi connectivity index (χ2v) is 37.5. The standard InChI is InChI=1S/C26H34Cl2N2O5.C26H32Cl2N2O3.C25H30Cl2N2O4.C25H28Cl2N2O3.2ClH/c1-17(22(32)16-31)25(18-6-8-20(27)21(28)14-18)26(33)29-19-7-9-23(34-2)24(15-19)35-13-12-30-10-4-3-5-11-30;1-4-18(2)25(19-8-10-21(27)22(28)16-19)26(31)29-20-9-11-23(32-3)24(17-20)33-15-14-30-12-6-5-7-13-30;1-16-23(17-6-8-19(26)20(27)14-17)25(31)29(24(16)30)18-7-9-21(32-2)22(15-18)33-13-12-28-10-4-3-5-11-28;1-17-16-29(25(30)24(17)18-6-8-20(26)21(27)14-18)19-7-9-22(31-2)23(15-19)32-13-12-28-10-4-3-5-11-28;;/h6-9,14-15,17,22,25,31-32H,3-5,10-13,16H2,1-2H3,(H,29,33);4,8-11,16-18,25H,1,5-7,12-15H2,2-3H3,(H,29,31);6-9,14-16,23-24,30H,3-5,10-13H2,1-2H3;6-9,14-15H,3-5,10-13,16H2,1-2H3;2*1H. The minimum Gasteiger partial charge on any atom is -0.493 e. The molecule has 6 heterocycles. The highest BCUT2D eigenvalue weighted by Crippen LogP contribution is 2.46.